The Morgan fingerprint density at radius 1 is 1.45 bits per heavy atom. The highest BCUT2D eigenvalue weighted by Gasteiger charge is 2.18. The molecule has 0 aliphatic carbocycles. The maximum absolute atomic E-state index is 13.3. The standard InChI is InChI=1S/C12H16BrFN2O2S.ClH/c13-11-2-1-10(7-12(11)14)19(17,18)16-6-4-9-3-5-15-8-9;/h1-2,7,9,15-16H,3-6,8H2;1H. The highest BCUT2D eigenvalue weighted by molar-refractivity contribution is 9.10. The molecular formula is C12H17BrClFN2O2S. The minimum atomic E-state index is -3.62. The van der Waals surface area contributed by atoms with Crippen LogP contribution in [0.15, 0.2) is 27.6 Å². The van der Waals surface area contributed by atoms with Gasteiger partial charge in [-0.05, 0) is 66.0 Å². The average molecular weight is 388 g/mol. The van der Waals surface area contributed by atoms with Crippen molar-refractivity contribution in [2.75, 3.05) is 19.6 Å². The minimum Gasteiger partial charge on any atom is -0.316 e. The number of hydrogen-bond acceptors (Lipinski definition) is 3. The van der Waals surface area contributed by atoms with Gasteiger partial charge in [0.25, 0.3) is 0 Å². The van der Waals surface area contributed by atoms with Gasteiger partial charge in [0.05, 0.1) is 9.37 Å². The van der Waals surface area contributed by atoms with Gasteiger partial charge in [0.1, 0.15) is 5.82 Å². The number of rotatable bonds is 5. The van der Waals surface area contributed by atoms with Gasteiger partial charge < -0.3 is 5.32 Å². The van der Waals surface area contributed by atoms with E-state index < -0.39 is 15.8 Å². The van der Waals surface area contributed by atoms with Crippen molar-refractivity contribution in [3.05, 3.63) is 28.5 Å². The van der Waals surface area contributed by atoms with Gasteiger partial charge in [-0.25, -0.2) is 17.5 Å². The van der Waals surface area contributed by atoms with Crippen LogP contribution in [0.5, 0.6) is 0 Å². The molecule has 1 aromatic rings. The lowest BCUT2D eigenvalue weighted by Crippen LogP contribution is -2.26. The lowest BCUT2D eigenvalue weighted by atomic mass is 10.1. The van der Waals surface area contributed by atoms with Crippen LogP contribution in [-0.4, -0.2) is 28.1 Å². The molecule has 8 heteroatoms. The largest absolute Gasteiger partial charge is 0.316 e. The highest BCUT2D eigenvalue weighted by Crippen LogP contribution is 2.19. The van der Waals surface area contributed by atoms with Gasteiger partial charge in [-0.15, -0.1) is 12.4 Å². The fraction of sp³-hybridized carbons (Fsp3) is 0.500. The molecule has 2 rings (SSSR count). The topological polar surface area (TPSA) is 58.2 Å². The molecule has 1 aliphatic heterocycles. The van der Waals surface area contributed by atoms with E-state index in [2.05, 4.69) is 26.0 Å². The van der Waals surface area contributed by atoms with Crippen LogP contribution >= 0.6 is 28.3 Å². The lowest BCUT2D eigenvalue weighted by Gasteiger charge is -2.10. The van der Waals surface area contributed by atoms with Crippen LogP contribution in [0.3, 0.4) is 0 Å². The van der Waals surface area contributed by atoms with Crippen molar-refractivity contribution in [2.45, 2.75) is 17.7 Å². The fourth-order valence-corrected chi connectivity index (χ4v) is 3.39. The number of benzene rings is 1. The summed E-state index contributed by atoms with van der Waals surface area (Å²) in [5.41, 5.74) is 0. The fourth-order valence-electron chi connectivity index (χ4n) is 2.09. The van der Waals surface area contributed by atoms with E-state index in [0.717, 1.165) is 32.0 Å². The molecule has 1 aliphatic rings. The molecule has 0 aromatic heterocycles. The maximum atomic E-state index is 13.3. The Morgan fingerprint density at radius 2 is 2.20 bits per heavy atom. The Hall–Kier alpha value is -0.210. The second-order valence-corrected chi connectivity index (χ2v) is 7.24. The lowest BCUT2D eigenvalue weighted by molar-refractivity contribution is 0.519. The molecule has 2 N–H and O–H groups in total. The van der Waals surface area contributed by atoms with Gasteiger partial charge in [0.2, 0.25) is 10.0 Å². The Balaban J connectivity index is 0.00000200. The first kappa shape index (κ1) is 17.8. The monoisotopic (exact) mass is 386 g/mol. The summed E-state index contributed by atoms with van der Waals surface area (Å²) in [6.07, 6.45) is 1.87. The second-order valence-electron chi connectivity index (χ2n) is 4.62. The van der Waals surface area contributed by atoms with Crippen molar-refractivity contribution in [2.24, 2.45) is 5.92 Å². The van der Waals surface area contributed by atoms with Gasteiger partial charge in [0.15, 0.2) is 0 Å². The molecule has 4 nitrogen and oxygen atoms in total. The van der Waals surface area contributed by atoms with Crippen LogP contribution < -0.4 is 10.0 Å². The smallest absolute Gasteiger partial charge is 0.240 e. The summed E-state index contributed by atoms with van der Waals surface area (Å²) in [6, 6.07) is 3.79. The Morgan fingerprint density at radius 3 is 2.80 bits per heavy atom. The van der Waals surface area contributed by atoms with E-state index in [0.29, 0.717) is 12.5 Å². The predicted molar refractivity (Wildman–Crippen MR) is 82.1 cm³/mol. The first-order valence-electron chi connectivity index (χ1n) is 6.14. The summed E-state index contributed by atoms with van der Waals surface area (Å²) in [7, 11) is -3.62. The van der Waals surface area contributed by atoms with Crippen LogP contribution in [-0.2, 0) is 10.0 Å². The third-order valence-electron chi connectivity index (χ3n) is 3.21. The number of hydrogen-bond donors (Lipinski definition) is 2. The molecule has 0 radical (unpaired) electrons. The van der Waals surface area contributed by atoms with E-state index in [9.17, 15) is 12.8 Å². The third kappa shape index (κ3) is 4.66. The van der Waals surface area contributed by atoms with Crippen LogP contribution in [0.25, 0.3) is 0 Å². The molecule has 0 bridgehead atoms. The molecule has 1 saturated heterocycles. The van der Waals surface area contributed by atoms with Gasteiger partial charge in [-0.3, -0.25) is 0 Å². The van der Waals surface area contributed by atoms with Crippen molar-refractivity contribution in [1.29, 1.82) is 0 Å². The van der Waals surface area contributed by atoms with Crippen molar-refractivity contribution >= 4 is 38.4 Å². The van der Waals surface area contributed by atoms with Crippen molar-refractivity contribution in [1.82, 2.24) is 10.0 Å². The Labute approximate surface area is 133 Å². The summed E-state index contributed by atoms with van der Waals surface area (Å²) >= 11 is 3.00. The van der Waals surface area contributed by atoms with Crippen LogP contribution in [0, 0.1) is 11.7 Å². The second kappa shape index (κ2) is 7.70. The summed E-state index contributed by atoms with van der Waals surface area (Å²) < 4.78 is 40.0. The highest BCUT2D eigenvalue weighted by atomic mass is 79.9. The zero-order chi connectivity index (χ0) is 13.9. The molecule has 1 heterocycles. The molecule has 114 valence electrons. The van der Waals surface area contributed by atoms with Crippen molar-refractivity contribution in [3.8, 4) is 0 Å². The van der Waals surface area contributed by atoms with E-state index in [-0.39, 0.29) is 21.8 Å². The zero-order valence-electron chi connectivity index (χ0n) is 10.7. The summed E-state index contributed by atoms with van der Waals surface area (Å²) in [5.74, 6) is -0.0628. The van der Waals surface area contributed by atoms with Crippen LogP contribution in [0.2, 0.25) is 0 Å². The van der Waals surface area contributed by atoms with Crippen LogP contribution in [0.4, 0.5) is 4.39 Å². The molecular weight excluding hydrogens is 371 g/mol. The van der Waals surface area contributed by atoms with E-state index in [4.69, 9.17) is 0 Å². The molecule has 20 heavy (non-hydrogen) atoms. The van der Waals surface area contributed by atoms with Gasteiger partial charge in [-0.1, -0.05) is 0 Å². The SMILES string of the molecule is Cl.O=S(=O)(NCCC1CCNC1)c1ccc(Br)c(F)c1. The Kier molecular flexibility index (Phi) is 6.87. The molecule has 0 saturated carbocycles. The molecule has 0 spiro atoms. The molecule has 0 amide bonds. The number of nitrogens with one attached hydrogen (secondary N) is 2. The average Bonchev–Trinajstić information content (AvgIpc) is 2.85. The van der Waals surface area contributed by atoms with Gasteiger partial charge in [0, 0.05) is 6.54 Å². The molecule has 1 unspecified atom stereocenters. The zero-order valence-corrected chi connectivity index (χ0v) is 14.0. The summed E-state index contributed by atoms with van der Waals surface area (Å²) in [5, 5.41) is 3.23. The molecule has 1 atom stereocenters. The molecule has 1 fully saturated rings. The van der Waals surface area contributed by atoms with Gasteiger partial charge in [-0.2, -0.15) is 0 Å². The predicted octanol–water partition coefficient (Wildman–Crippen LogP) is 2.29. The normalized spacial score (nSPS) is 18.8. The van der Waals surface area contributed by atoms with Crippen molar-refractivity contribution < 1.29 is 12.8 Å². The van der Waals surface area contributed by atoms with Crippen LogP contribution in [0.1, 0.15) is 12.8 Å². The third-order valence-corrected chi connectivity index (χ3v) is 5.31. The quantitative estimate of drug-likeness (QED) is 0.815. The molecule has 1 aromatic carbocycles. The summed E-state index contributed by atoms with van der Waals surface area (Å²) in [4.78, 5) is -0.0438. The first-order chi connectivity index (χ1) is 8.99. The Bertz CT molecular complexity index is 550. The van der Waals surface area contributed by atoms with E-state index in [1.54, 1.807) is 0 Å². The first-order valence-corrected chi connectivity index (χ1v) is 8.42. The van der Waals surface area contributed by atoms with Gasteiger partial charge >= 0.3 is 0 Å². The van der Waals surface area contributed by atoms with E-state index >= 15 is 0 Å². The van der Waals surface area contributed by atoms with Crippen molar-refractivity contribution in [3.63, 3.8) is 0 Å². The maximum Gasteiger partial charge on any atom is 0.240 e. The number of sulfonamides is 1. The van der Waals surface area contributed by atoms with E-state index in [1.807, 2.05) is 0 Å². The number of halogens is 3. The van der Waals surface area contributed by atoms with E-state index in [1.165, 1.54) is 12.1 Å². The summed E-state index contributed by atoms with van der Waals surface area (Å²) in [6.45, 7) is 2.32. The minimum absolute atomic E-state index is 0.